The van der Waals surface area contributed by atoms with Gasteiger partial charge in [-0.05, 0) is 30.5 Å². The third kappa shape index (κ3) is 4.34. The van der Waals surface area contributed by atoms with Gasteiger partial charge in [-0.3, -0.25) is 14.5 Å². The number of benzene rings is 2. The van der Waals surface area contributed by atoms with E-state index >= 15 is 0 Å². The fourth-order valence-electron chi connectivity index (χ4n) is 4.34. The fraction of sp³-hybridized carbons (Fsp3) is 0.375. The first-order valence-corrected chi connectivity index (χ1v) is 11.6. The van der Waals surface area contributed by atoms with Crippen LogP contribution in [0.1, 0.15) is 24.8 Å². The lowest BCUT2D eigenvalue weighted by Gasteiger charge is -2.25. The van der Waals surface area contributed by atoms with E-state index in [9.17, 15) is 9.59 Å². The molecule has 2 aliphatic rings. The molecule has 5 rings (SSSR count). The molecular formula is C24H25N3O3S. The number of carbonyl (C=O) groups is 2. The predicted molar refractivity (Wildman–Crippen MR) is 121 cm³/mol. The van der Waals surface area contributed by atoms with Gasteiger partial charge < -0.3 is 9.64 Å². The highest BCUT2D eigenvalue weighted by Gasteiger charge is 2.38. The van der Waals surface area contributed by atoms with Crippen molar-refractivity contribution >= 4 is 38.5 Å². The van der Waals surface area contributed by atoms with Crippen molar-refractivity contribution in [2.75, 3.05) is 24.6 Å². The van der Waals surface area contributed by atoms with Gasteiger partial charge in [0, 0.05) is 26.1 Å². The maximum atomic E-state index is 13.6. The maximum absolute atomic E-state index is 13.6. The second kappa shape index (κ2) is 8.77. The minimum atomic E-state index is -0.357. The normalized spacial score (nSPS) is 21.2. The summed E-state index contributed by atoms with van der Waals surface area (Å²) >= 11 is 1.52. The van der Waals surface area contributed by atoms with Crippen LogP contribution in [-0.2, 0) is 20.9 Å². The van der Waals surface area contributed by atoms with E-state index in [1.165, 1.54) is 11.3 Å². The molecule has 0 saturated carbocycles. The van der Waals surface area contributed by atoms with Crippen LogP contribution in [-0.4, -0.2) is 47.5 Å². The Kier molecular flexibility index (Phi) is 5.70. The molecule has 31 heavy (non-hydrogen) atoms. The number of rotatable bonds is 6. The summed E-state index contributed by atoms with van der Waals surface area (Å²) in [7, 11) is 0. The molecule has 7 heteroatoms. The zero-order valence-corrected chi connectivity index (χ0v) is 18.1. The van der Waals surface area contributed by atoms with Crippen LogP contribution < -0.4 is 4.90 Å². The van der Waals surface area contributed by atoms with Gasteiger partial charge in [-0.15, -0.1) is 0 Å². The monoisotopic (exact) mass is 435 g/mol. The number of carbonyl (C=O) groups excluding carboxylic acids is 2. The molecule has 1 aromatic heterocycles. The number of amides is 2. The molecular weight excluding hydrogens is 410 g/mol. The number of hydrogen-bond donors (Lipinski definition) is 0. The van der Waals surface area contributed by atoms with Crippen molar-refractivity contribution in [1.82, 2.24) is 9.88 Å². The Morgan fingerprint density at radius 2 is 1.97 bits per heavy atom. The SMILES string of the molecule is O=C1CC(C(=O)N(CC2CCCO2)c2nc3ccccc3s2)CN1Cc1ccccc1. The average molecular weight is 436 g/mol. The van der Waals surface area contributed by atoms with Gasteiger partial charge in [0.05, 0.1) is 28.8 Å². The molecule has 2 aliphatic heterocycles. The first-order chi connectivity index (χ1) is 15.2. The summed E-state index contributed by atoms with van der Waals surface area (Å²) in [5, 5.41) is 0.690. The number of aromatic nitrogens is 1. The van der Waals surface area contributed by atoms with Crippen molar-refractivity contribution in [3.63, 3.8) is 0 Å². The van der Waals surface area contributed by atoms with E-state index in [0.717, 1.165) is 35.2 Å². The van der Waals surface area contributed by atoms with Crippen molar-refractivity contribution in [3.05, 3.63) is 60.2 Å². The molecule has 0 radical (unpaired) electrons. The van der Waals surface area contributed by atoms with Gasteiger partial charge in [0.2, 0.25) is 11.8 Å². The lowest BCUT2D eigenvalue weighted by Crippen LogP contribution is -2.42. The van der Waals surface area contributed by atoms with Crippen molar-refractivity contribution in [3.8, 4) is 0 Å². The van der Waals surface area contributed by atoms with Crippen molar-refractivity contribution in [2.45, 2.75) is 31.9 Å². The summed E-state index contributed by atoms with van der Waals surface area (Å²) < 4.78 is 6.87. The summed E-state index contributed by atoms with van der Waals surface area (Å²) in [5.41, 5.74) is 1.96. The number of nitrogens with zero attached hydrogens (tertiary/aromatic N) is 3. The molecule has 2 amide bonds. The Morgan fingerprint density at radius 1 is 1.16 bits per heavy atom. The average Bonchev–Trinajstić information content (AvgIpc) is 3.52. The minimum absolute atomic E-state index is 0.0217. The topological polar surface area (TPSA) is 62.7 Å². The summed E-state index contributed by atoms with van der Waals surface area (Å²) in [4.78, 5) is 34.6. The first-order valence-electron chi connectivity index (χ1n) is 10.8. The van der Waals surface area contributed by atoms with Crippen molar-refractivity contribution in [2.24, 2.45) is 5.92 Å². The minimum Gasteiger partial charge on any atom is -0.376 e. The number of thiazole rings is 1. The standard InChI is InChI=1S/C24H25N3O3S/c28-22-13-18(15-26(22)14-17-7-2-1-3-8-17)23(29)27(16-19-9-6-12-30-19)24-25-20-10-4-5-11-21(20)31-24/h1-5,7-8,10-11,18-19H,6,9,12-16H2. The number of para-hydroxylation sites is 1. The lowest BCUT2D eigenvalue weighted by atomic mass is 10.1. The molecule has 2 unspecified atom stereocenters. The number of hydrogen-bond acceptors (Lipinski definition) is 5. The van der Waals surface area contributed by atoms with Gasteiger partial charge in [0.1, 0.15) is 0 Å². The Morgan fingerprint density at radius 3 is 2.74 bits per heavy atom. The number of likely N-dealkylation sites (tertiary alicyclic amines) is 1. The van der Waals surface area contributed by atoms with Crippen LogP contribution in [0.2, 0.25) is 0 Å². The molecule has 2 aromatic carbocycles. The zero-order chi connectivity index (χ0) is 21.2. The van der Waals surface area contributed by atoms with E-state index < -0.39 is 0 Å². The third-order valence-electron chi connectivity index (χ3n) is 5.97. The van der Waals surface area contributed by atoms with Crippen LogP contribution in [0.4, 0.5) is 5.13 Å². The number of fused-ring (bicyclic) bond motifs is 1. The molecule has 2 fully saturated rings. The highest BCUT2D eigenvalue weighted by Crippen LogP contribution is 2.32. The van der Waals surface area contributed by atoms with E-state index in [2.05, 4.69) is 0 Å². The van der Waals surface area contributed by atoms with Gasteiger partial charge >= 0.3 is 0 Å². The van der Waals surface area contributed by atoms with Gasteiger partial charge in [0.25, 0.3) is 0 Å². The second-order valence-corrected chi connectivity index (χ2v) is 9.22. The smallest absolute Gasteiger partial charge is 0.234 e. The molecule has 3 aromatic rings. The largest absolute Gasteiger partial charge is 0.376 e. The summed E-state index contributed by atoms with van der Waals surface area (Å²) in [6.07, 6.45) is 2.23. The van der Waals surface area contributed by atoms with Crippen LogP contribution in [0.5, 0.6) is 0 Å². The quantitative estimate of drug-likeness (QED) is 0.590. The summed E-state index contributed by atoms with van der Waals surface area (Å²) in [6.45, 7) is 2.21. The van der Waals surface area contributed by atoms with Crippen LogP contribution in [0.3, 0.4) is 0 Å². The molecule has 2 saturated heterocycles. The van der Waals surface area contributed by atoms with E-state index in [0.29, 0.717) is 24.8 Å². The predicted octanol–water partition coefficient (Wildman–Crippen LogP) is 3.86. The van der Waals surface area contributed by atoms with Crippen molar-refractivity contribution in [1.29, 1.82) is 0 Å². The highest BCUT2D eigenvalue weighted by molar-refractivity contribution is 7.22. The molecule has 160 valence electrons. The summed E-state index contributed by atoms with van der Waals surface area (Å²) in [5.74, 6) is -0.355. The molecule has 0 bridgehead atoms. The Hall–Kier alpha value is -2.77. The molecule has 0 spiro atoms. The second-order valence-electron chi connectivity index (χ2n) is 8.21. The van der Waals surface area contributed by atoms with Crippen molar-refractivity contribution < 1.29 is 14.3 Å². The molecule has 0 N–H and O–H groups in total. The van der Waals surface area contributed by atoms with E-state index in [4.69, 9.17) is 9.72 Å². The van der Waals surface area contributed by atoms with Crippen LogP contribution in [0.25, 0.3) is 10.2 Å². The molecule has 6 nitrogen and oxygen atoms in total. The van der Waals surface area contributed by atoms with Gasteiger partial charge in [-0.2, -0.15) is 0 Å². The van der Waals surface area contributed by atoms with Gasteiger partial charge in [-0.25, -0.2) is 4.98 Å². The van der Waals surface area contributed by atoms with Crippen LogP contribution in [0.15, 0.2) is 54.6 Å². The molecule has 0 aliphatic carbocycles. The molecule has 3 heterocycles. The Labute approximate surface area is 185 Å². The number of ether oxygens (including phenoxy) is 1. The Balaban J connectivity index is 1.36. The van der Waals surface area contributed by atoms with E-state index in [-0.39, 0.29) is 30.3 Å². The van der Waals surface area contributed by atoms with Crippen LogP contribution >= 0.6 is 11.3 Å². The van der Waals surface area contributed by atoms with E-state index in [1.807, 2.05) is 54.6 Å². The highest BCUT2D eigenvalue weighted by atomic mass is 32.1. The van der Waals surface area contributed by atoms with Gasteiger partial charge in [0.15, 0.2) is 5.13 Å². The maximum Gasteiger partial charge on any atom is 0.234 e. The lowest BCUT2D eigenvalue weighted by molar-refractivity contribution is -0.129. The third-order valence-corrected chi connectivity index (χ3v) is 7.03. The zero-order valence-electron chi connectivity index (χ0n) is 17.3. The van der Waals surface area contributed by atoms with E-state index in [1.54, 1.807) is 9.80 Å². The first kappa shape index (κ1) is 20.2. The van der Waals surface area contributed by atoms with Gasteiger partial charge in [-0.1, -0.05) is 53.8 Å². The summed E-state index contributed by atoms with van der Waals surface area (Å²) in [6, 6.07) is 17.8. The molecule has 2 atom stereocenters. The number of anilines is 1. The van der Waals surface area contributed by atoms with Crippen LogP contribution in [0, 0.1) is 5.92 Å². The fourth-order valence-corrected chi connectivity index (χ4v) is 5.32. The Bertz CT molecular complexity index is 1040.